The maximum absolute atomic E-state index is 5.25. The summed E-state index contributed by atoms with van der Waals surface area (Å²) in [6.45, 7) is 0. The van der Waals surface area contributed by atoms with Crippen molar-refractivity contribution < 1.29 is 5.65 Å². The van der Waals surface area contributed by atoms with Crippen LogP contribution >= 0.6 is 0 Å². The molecule has 0 spiro atoms. The zero-order valence-corrected chi connectivity index (χ0v) is 2.31. The van der Waals surface area contributed by atoms with E-state index in [0.29, 0.717) is 0 Å². The molecule has 4 heteroatoms. The Labute approximate surface area is 105 Å². The van der Waals surface area contributed by atoms with Crippen LogP contribution in [0.4, 0.5) is 0 Å². The zero-order valence-electron chi connectivity index (χ0n) is 6.31. The van der Waals surface area contributed by atoms with Crippen LogP contribution in [0.25, 0.3) is 0 Å². The second kappa shape index (κ2) is 70300. The fraction of sp³-hybridized carbons (Fsp3) is 1.00. The van der Waals surface area contributed by atoms with Gasteiger partial charge in [0.25, 0.3) is 0 Å². The highest BCUT2D eigenvalue weighted by Crippen LogP contribution is 0.153. The molecule has 0 aliphatic carbocycles. The molecule has 0 saturated heterocycles. The molecule has 0 amide bonds. The highest BCUT2D eigenvalue weighted by Gasteiger charge is -0.0684. The van der Waals surface area contributed by atoms with Crippen LogP contribution in [-0.2, 0) is 0 Å². The van der Waals surface area contributed by atoms with Crippen LogP contribution < -0.4 is 24.6 Å². The second-order valence-corrected chi connectivity index (χ2v) is 0. The molecule has 0 fully saturated rings. The molecule has 0 aliphatic heterocycles. The van der Waals surface area contributed by atoms with Crippen LogP contribution in [0.5, 0.6) is 0 Å². The largest absolute Gasteiger partial charge is 0.344 e. The lowest BCUT2D eigenvalue weighted by molar-refractivity contribution is 2.13. The SMILES string of the molecule is C.C.C.C.C.C.C.C.C.C.[2H]N.[2H]N.[3H]N.[3H]N. The van der Waals surface area contributed by atoms with Crippen molar-refractivity contribution in [2.75, 3.05) is 0 Å². The van der Waals surface area contributed by atoms with Crippen LogP contribution in [-0.4, -0.2) is 0 Å². The van der Waals surface area contributed by atoms with Crippen molar-refractivity contribution in [1.29, 1.82) is 0 Å². The van der Waals surface area contributed by atoms with E-state index < -0.39 is 0 Å². The lowest BCUT2D eigenvalue weighted by atomic mass is 12.0. The minimum absolute atomic E-state index is 0. The molecule has 0 radical (unpaired) electrons. The first-order valence-electron chi connectivity index (χ1n) is 2.31. The summed E-state index contributed by atoms with van der Waals surface area (Å²) in [6.07, 6.45) is 15.0. The van der Waals surface area contributed by atoms with Crippen molar-refractivity contribution in [1.82, 2.24) is 24.6 Å². The Kier molecular flexibility index (Phi) is 777000. The van der Waals surface area contributed by atoms with Gasteiger partial charge in [0.05, 0.1) is 0 Å². The van der Waals surface area contributed by atoms with Gasteiger partial charge in [-0.15, -0.1) is 0 Å². The fourth-order valence-electron chi connectivity index (χ4n) is 0. The number of rotatable bonds is 0. The average molecular weight is 235 g/mol. The third kappa shape index (κ3) is 54300. The molecule has 14 heavy (non-hydrogen) atoms. The van der Waals surface area contributed by atoms with Crippen molar-refractivity contribution in [3.63, 3.8) is 0 Å². The first kappa shape index (κ1) is 155. The standard InChI is InChI=1S/10CH4.4H3N/h10*1H4;4*1H3/i/hT2D2. The Balaban J connectivity index is -0.000000000833. The van der Waals surface area contributed by atoms with E-state index in [1.54, 1.807) is 0 Å². The molecule has 0 aromatic heterocycles. The molecule has 112 valence electrons. The predicted octanol–water partition coefficient (Wildman–Crippen LogP) is 7.01. The monoisotopic (exact) mass is 234 g/mol. The summed E-state index contributed by atoms with van der Waals surface area (Å²) >= 11 is 0. The van der Waals surface area contributed by atoms with Crippen LogP contribution in [0.3, 0.4) is 0 Å². The second-order valence-electron chi connectivity index (χ2n) is 0. The van der Waals surface area contributed by atoms with Crippen LogP contribution in [0.2, 0.25) is 5.65 Å². The zero-order chi connectivity index (χ0) is 8.00. The van der Waals surface area contributed by atoms with Gasteiger partial charge in [0.2, 0.25) is 0 Å². The normalized spacial score (nSPS) is 2.00. The lowest BCUT2D eigenvalue weighted by Crippen LogP contribution is -0.482. The summed E-state index contributed by atoms with van der Waals surface area (Å²) < 4.78 is 21.0. The van der Waals surface area contributed by atoms with E-state index in [4.69, 9.17) is 5.65 Å². The first-order valence-corrected chi connectivity index (χ1v) is 0. The summed E-state index contributed by atoms with van der Waals surface area (Å²) in [5, 5.41) is 0. The fourth-order valence-corrected chi connectivity index (χ4v) is 0. The molecule has 0 aliphatic rings. The van der Waals surface area contributed by atoms with Gasteiger partial charge in [0.15, 0.2) is 0 Å². The Bertz CT molecular complexity index is 25.8. The molecule has 0 rings (SSSR count). The van der Waals surface area contributed by atoms with Crippen molar-refractivity contribution in [3.8, 4) is 0 Å². The highest BCUT2D eigenvalue weighted by atomic mass is 14.0. The minimum Gasteiger partial charge on any atom is -0.344 e. The van der Waals surface area contributed by atoms with E-state index in [0.717, 1.165) is 0 Å². The van der Waals surface area contributed by atoms with Gasteiger partial charge in [-0.2, -0.15) is 0 Å². The van der Waals surface area contributed by atoms with Gasteiger partial charge in [0, 0.05) is 0 Å². The quantitative estimate of drug-likeness (QED) is 0.357. The molecular formula is C10H52N4. The smallest absolute Gasteiger partial charge is 0.115 e. The molecule has 4 nitrogen and oxygen atoms in total. The van der Waals surface area contributed by atoms with Gasteiger partial charge in [-0.3, -0.25) is 0 Å². The van der Waals surface area contributed by atoms with Crippen molar-refractivity contribution in [3.05, 3.63) is 0 Å². The van der Waals surface area contributed by atoms with E-state index in [2.05, 4.69) is 24.6 Å². The molecular weight excluding hydrogens is 176 g/mol. The average Bonchev–Trinajstić information content (AvgIpc) is 2.03. The third-order valence-electron chi connectivity index (χ3n) is 0. The molecule has 0 aromatic rings. The van der Waals surface area contributed by atoms with Gasteiger partial charge in [-0.25, -0.2) is 0 Å². The summed E-state index contributed by atoms with van der Waals surface area (Å²) in [6, 6.07) is 0. The topological polar surface area (TPSA) is 140 Å². The number of hydrogen-bond acceptors (Lipinski definition) is 4. The molecule has 0 unspecified atom stereocenters. The Morgan fingerprint density at radius 3 is 0.429 bits per heavy atom. The van der Waals surface area contributed by atoms with E-state index in [1.165, 1.54) is 0 Å². The summed E-state index contributed by atoms with van der Waals surface area (Å²) in [5.74, 6) is 0. The summed E-state index contributed by atoms with van der Waals surface area (Å²) in [4.78, 5) is 0. The van der Waals surface area contributed by atoms with Crippen molar-refractivity contribution in [2.45, 2.75) is 74.3 Å². The third-order valence-corrected chi connectivity index (χ3v) is 0. The van der Waals surface area contributed by atoms with Gasteiger partial charge >= 0.3 is 0 Å². The molecule has 0 saturated carbocycles. The molecule has 0 aromatic carbocycles. The first-order chi connectivity index (χ1) is 4.00. The Morgan fingerprint density at radius 2 is 0.429 bits per heavy atom. The number of hydrogen-bond donors (Lipinski definition) is 4. The predicted molar refractivity (Wildman–Crippen MR) is 87.4 cm³/mol. The van der Waals surface area contributed by atoms with E-state index in [1.807, 2.05) is 0 Å². The van der Waals surface area contributed by atoms with E-state index in [-0.39, 0.29) is 74.3 Å². The summed E-state index contributed by atoms with van der Waals surface area (Å²) in [5.41, 5.74) is 0. The van der Waals surface area contributed by atoms with Crippen LogP contribution in [0.15, 0.2) is 0 Å². The van der Waals surface area contributed by atoms with Gasteiger partial charge < -0.3 is 24.6 Å². The highest BCUT2D eigenvalue weighted by molar-refractivity contribution is 2.51. The van der Waals surface area contributed by atoms with Crippen LogP contribution in [0.1, 0.15) is 74.3 Å². The summed E-state index contributed by atoms with van der Waals surface area (Å²) in [7, 11) is 0. The van der Waals surface area contributed by atoms with E-state index in [9.17, 15) is 0 Å². The van der Waals surface area contributed by atoms with Crippen molar-refractivity contribution >= 4 is 0 Å². The minimum atomic E-state index is 0. The van der Waals surface area contributed by atoms with Crippen molar-refractivity contribution in [2.24, 2.45) is 0 Å². The maximum Gasteiger partial charge on any atom is 0.115 e. The maximum atomic E-state index is 5.25. The molecule has 12 N–H and O–H groups in total. The van der Waals surface area contributed by atoms with E-state index >= 15 is 0 Å². The Morgan fingerprint density at radius 1 is 0.429 bits per heavy atom. The van der Waals surface area contributed by atoms with Gasteiger partial charge in [-0.1, -0.05) is 74.3 Å². The van der Waals surface area contributed by atoms with Crippen LogP contribution in [0, 0.1) is 0 Å². The molecule has 0 bridgehead atoms. The Hall–Kier alpha value is -0.160. The molecule has 0 heterocycles. The lowest BCUT2D eigenvalue weighted by Gasteiger charge is -0.345. The molecule has 0 atom stereocenters. The van der Waals surface area contributed by atoms with Gasteiger partial charge in [-0.05, 0) is 0 Å². The van der Waals surface area contributed by atoms with Gasteiger partial charge in [0.1, 0.15) is 5.65 Å².